The van der Waals surface area contributed by atoms with Crippen LogP contribution in [-0.4, -0.2) is 12.6 Å². The lowest BCUT2D eigenvalue weighted by Gasteiger charge is -2.19. The molecule has 2 aromatic carbocycles. The van der Waals surface area contributed by atoms with E-state index >= 15 is 4.39 Å². The van der Waals surface area contributed by atoms with E-state index in [1.165, 1.54) is 19.1 Å². The molecular formula is C20H22F3NO2. The Labute approximate surface area is 151 Å². The van der Waals surface area contributed by atoms with Gasteiger partial charge in [0, 0.05) is 22.7 Å². The van der Waals surface area contributed by atoms with Gasteiger partial charge in [-0.3, -0.25) is 4.79 Å². The zero-order valence-corrected chi connectivity index (χ0v) is 15.3. The van der Waals surface area contributed by atoms with Crippen LogP contribution in [0.15, 0.2) is 18.2 Å². The van der Waals surface area contributed by atoms with Crippen molar-refractivity contribution in [2.45, 2.75) is 40.2 Å². The van der Waals surface area contributed by atoms with Gasteiger partial charge in [0.15, 0.2) is 0 Å². The van der Waals surface area contributed by atoms with E-state index in [-0.39, 0.29) is 29.7 Å². The number of nitrogens with two attached hydrogens (primary N) is 1. The highest BCUT2D eigenvalue weighted by Crippen LogP contribution is 2.36. The molecular weight excluding hydrogens is 343 g/mol. The SMILES string of the molecule is CCOC(=O)C[C@H](N)c1c(F)c(C)cc(-c2c(C)cc(C)cc2F)c1F. The molecule has 0 bridgehead atoms. The van der Waals surface area contributed by atoms with Gasteiger partial charge in [-0.1, -0.05) is 6.07 Å². The van der Waals surface area contributed by atoms with E-state index in [0.717, 1.165) is 0 Å². The van der Waals surface area contributed by atoms with Crippen molar-refractivity contribution >= 4 is 5.97 Å². The minimum Gasteiger partial charge on any atom is -0.466 e. The monoisotopic (exact) mass is 365 g/mol. The lowest BCUT2D eigenvalue weighted by atomic mass is 9.91. The predicted molar refractivity (Wildman–Crippen MR) is 94.1 cm³/mol. The summed E-state index contributed by atoms with van der Waals surface area (Å²) in [4.78, 5) is 11.6. The van der Waals surface area contributed by atoms with Gasteiger partial charge in [-0.25, -0.2) is 13.2 Å². The first-order chi connectivity index (χ1) is 12.2. The van der Waals surface area contributed by atoms with Crippen LogP contribution in [0.25, 0.3) is 11.1 Å². The van der Waals surface area contributed by atoms with Gasteiger partial charge in [-0.2, -0.15) is 0 Å². The van der Waals surface area contributed by atoms with Crippen LogP contribution in [0.1, 0.15) is 41.6 Å². The maximum atomic E-state index is 15.1. The van der Waals surface area contributed by atoms with E-state index in [9.17, 15) is 13.6 Å². The van der Waals surface area contributed by atoms with E-state index in [4.69, 9.17) is 10.5 Å². The minimum atomic E-state index is -1.23. The second-order valence-electron chi connectivity index (χ2n) is 6.34. The van der Waals surface area contributed by atoms with Crippen LogP contribution in [0, 0.1) is 38.2 Å². The topological polar surface area (TPSA) is 52.3 Å². The number of ether oxygens (including phenoxy) is 1. The molecule has 0 aliphatic rings. The third-order valence-electron chi connectivity index (χ3n) is 4.18. The lowest BCUT2D eigenvalue weighted by molar-refractivity contribution is -0.143. The summed E-state index contributed by atoms with van der Waals surface area (Å²) in [5.74, 6) is -3.05. The Bertz CT molecular complexity index is 826. The molecule has 140 valence electrons. The average Bonchev–Trinajstić information content (AvgIpc) is 2.51. The molecule has 0 heterocycles. The van der Waals surface area contributed by atoms with Crippen LogP contribution >= 0.6 is 0 Å². The summed E-state index contributed by atoms with van der Waals surface area (Å²) in [6.07, 6.45) is -0.375. The molecule has 0 aliphatic heterocycles. The third kappa shape index (κ3) is 3.90. The number of benzene rings is 2. The van der Waals surface area contributed by atoms with Crippen molar-refractivity contribution in [3.63, 3.8) is 0 Å². The summed E-state index contributed by atoms with van der Waals surface area (Å²) in [7, 11) is 0. The number of rotatable bonds is 5. The standard InChI is InChI=1S/C20H22F3NO2/c1-5-26-16(25)9-15(24)18-19(22)12(4)8-13(20(18)23)17-11(3)6-10(2)7-14(17)21/h6-8,15H,5,9,24H2,1-4H3/t15-/m0/s1. The normalized spacial score (nSPS) is 12.2. The van der Waals surface area contributed by atoms with Gasteiger partial charge in [0.05, 0.1) is 13.0 Å². The molecule has 2 aromatic rings. The first-order valence-corrected chi connectivity index (χ1v) is 8.34. The highest BCUT2D eigenvalue weighted by Gasteiger charge is 2.26. The van der Waals surface area contributed by atoms with E-state index < -0.39 is 35.0 Å². The molecule has 6 heteroatoms. The number of carbonyl (C=O) groups is 1. The summed E-state index contributed by atoms with van der Waals surface area (Å²) >= 11 is 0. The molecule has 2 N–H and O–H groups in total. The van der Waals surface area contributed by atoms with Gasteiger partial charge in [0.2, 0.25) is 0 Å². The molecule has 1 atom stereocenters. The molecule has 0 aliphatic carbocycles. The Kier molecular flexibility index (Phi) is 6.08. The van der Waals surface area contributed by atoms with Gasteiger partial charge in [-0.05, 0) is 56.5 Å². The Morgan fingerprint density at radius 1 is 1.08 bits per heavy atom. The van der Waals surface area contributed by atoms with Crippen LogP contribution in [-0.2, 0) is 9.53 Å². The summed E-state index contributed by atoms with van der Waals surface area (Å²) in [5, 5.41) is 0. The summed E-state index contributed by atoms with van der Waals surface area (Å²) in [6.45, 7) is 6.59. The van der Waals surface area contributed by atoms with Crippen LogP contribution in [0.3, 0.4) is 0 Å². The molecule has 2 rings (SSSR count). The first-order valence-electron chi connectivity index (χ1n) is 8.34. The summed E-state index contributed by atoms with van der Waals surface area (Å²) in [6, 6.07) is 3.03. The Morgan fingerprint density at radius 3 is 2.31 bits per heavy atom. The van der Waals surface area contributed by atoms with Gasteiger partial charge >= 0.3 is 5.97 Å². The maximum absolute atomic E-state index is 15.1. The summed E-state index contributed by atoms with van der Waals surface area (Å²) < 4.78 is 48.9. The van der Waals surface area contributed by atoms with Crippen molar-refractivity contribution in [1.82, 2.24) is 0 Å². The molecule has 0 unspecified atom stereocenters. The van der Waals surface area contributed by atoms with Crippen molar-refractivity contribution in [2.24, 2.45) is 5.73 Å². The molecule has 26 heavy (non-hydrogen) atoms. The molecule has 3 nitrogen and oxygen atoms in total. The molecule has 0 fully saturated rings. The van der Waals surface area contributed by atoms with E-state index in [0.29, 0.717) is 11.1 Å². The number of esters is 1. The highest BCUT2D eigenvalue weighted by molar-refractivity contribution is 5.73. The molecule has 0 saturated heterocycles. The second kappa shape index (κ2) is 7.91. The van der Waals surface area contributed by atoms with Gasteiger partial charge in [-0.15, -0.1) is 0 Å². The average molecular weight is 365 g/mol. The Balaban J connectivity index is 2.62. The number of aryl methyl sites for hydroxylation is 3. The number of hydrogen-bond donors (Lipinski definition) is 1. The fourth-order valence-corrected chi connectivity index (χ4v) is 3.06. The molecule has 0 aromatic heterocycles. The maximum Gasteiger partial charge on any atom is 0.307 e. The lowest BCUT2D eigenvalue weighted by Crippen LogP contribution is -2.20. The number of halogens is 3. The van der Waals surface area contributed by atoms with Crippen molar-refractivity contribution < 1.29 is 22.7 Å². The fourth-order valence-electron chi connectivity index (χ4n) is 3.06. The zero-order chi connectivity index (χ0) is 19.6. The largest absolute Gasteiger partial charge is 0.466 e. The van der Waals surface area contributed by atoms with Crippen molar-refractivity contribution in [3.05, 3.63) is 57.9 Å². The molecule has 0 radical (unpaired) electrons. The fraction of sp³-hybridized carbons (Fsp3) is 0.350. The minimum absolute atomic E-state index is 0.0563. The molecule has 0 spiro atoms. The Morgan fingerprint density at radius 2 is 1.73 bits per heavy atom. The van der Waals surface area contributed by atoms with E-state index in [1.807, 2.05) is 0 Å². The smallest absolute Gasteiger partial charge is 0.307 e. The van der Waals surface area contributed by atoms with Crippen LogP contribution in [0.2, 0.25) is 0 Å². The number of hydrogen-bond acceptors (Lipinski definition) is 3. The quantitative estimate of drug-likeness (QED) is 0.785. The Hall–Kier alpha value is -2.34. The van der Waals surface area contributed by atoms with Crippen molar-refractivity contribution in [2.75, 3.05) is 6.61 Å². The molecule has 0 amide bonds. The van der Waals surface area contributed by atoms with Crippen molar-refractivity contribution in [3.8, 4) is 11.1 Å². The van der Waals surface area contributed by atoms with Gasteiger partial charge in [0.1, 0.15) is 17.5 Å². The van der Waals surface area contributed by atoms with Gasteiger partial charge in [0.25, 0.3) is 0 Å². The van der Waals surface area contributed by atoms with E-state index in [1.54, 1.807) is 26.8 Å². The summed E-state index contributed by atoms with van der Waals surface area (Å²) in [5.41, 5.74) is 6.75. The first kappa shape index (κ1) is 20.0. The van der Waals surface area contributed by atoms with Crippen molar-refractivity contribution in [1.29, 1.82) is 0 Å². The third-order valence-corrected chi connectivity index (χ3v) is 4.18. The number of carbonyl (C=O) groups excluding carboxylic acids is 1. The highest BCUT2D eigenvalue weighted by atomic mass is 19.1. The predicted octanol–water partition coefficient (Wildman–Crippen LogP) is 4.65. The van der Waals surface area contributed by atoms with Gasteiger partial charge < -0.3 is 10.5 Å². The zero-order valence-electron chi connectivity index (χ0n) is 15.3. The van der Waals surface area contributed by atoms with Crippen LogP contribution in [0.4, 0.5) is 13.2 Å². The molecule has 0 saturated carbocycles. The van der Waals surface area contributed by atoms with Crippen LogP contribution < -0.4 is 5.73 Å². The second-order valence-corrected chi connectivity index (χ2v) is 6.34. The van der Waals surface area contributed by atoms with E-state index in [2.05, 4.69) is 0 Å². The van der Waals surface area contributed by atoms with Crippen LogP contribution in [0.5, 0.6) is 0 Å².